The first-order valence-electron chi connectivity index (χ1n) is 7.55. The van der Waals surface area contributed by atoms with Gasteiger partial charge in [0, 0.05) is 20.2 Å². The smallest absolute Gasteiger partial charge is 0.191 e. The Bertz CT molecular complexity index is 457. The van der Waals surface area contributed by atoms with Crippen molar-refractivity contribution in [1.29, 1.82) is 0 Å². The van der Waals surface area contributed by atoms with Crippen LogP contribution in [0.2, 0.25) is 0 Å². The molecule has 1 fully saturated rings. The third-order valence-electron chi connectivity index (χ3n) is 3.56. The molecular weight excluding hydrogens is 266 g/mol. The largest absolute Gasteiger partial charge is 0.491 e. The average Bonchev–Trinajstić information content (AvgIpc) is 2.54. The molecule has 1 aromatic rings. The summed E-state index contributed by atoms with van der Waals surface area (Å²) in [4.78, 5) is 6.66. The summed E-state index contributed by atoms with van der Waals surface area (Å²) < 4.78 is 10.6. The molecule has 2 rings (SSSR count). The first kappa shape index (κ1) is 15.6. The SMILES string of the molecule is COCCOc1cccc(CN=C(N)N2CCCCC2)c1. The van der Waals surface area contributed by atoms with Crippen molar-refractivity contribution >= 4 is 5.96 Å². The molecule has 5 heteroatoms. The number of nitrogens with zero attached hydrogens (tertiary/aromatic N) is 2. The molecule has 21 heavy (non-hydrogen) atoms. The van der Waals surface area contributed by atoms with Gasteiger partial charge in [0.1, 0.15) is 12.4 Å². The maximum Gasteiger partial charge on any atom is 0.191 e. The zero-order valence-electron chi connectivity index (χ0n) is 12.8. The zero-order valence-corrected chi connectivity index (χ0v) is 12.8. The highest BCUT2D eigenvalue weighted by Crippen LogP contribution is 2.14. The van der Waals surface area contributed by atoms with Crippen LogP contribution in [0.25, 0.3) is 0 Å². The molecule has 1 aliphatic heterocycles. The van der Waals surface area contributed by atoms with Gasteiger partial charge >= 0.3 is 0 Å². The van der Waals surface area contributed by atoms with Gasteiger partial charge < -0.3 is 20.1 Å². The number of hydrogen-bond donors (Lipinski definition) is 1. The number of ether oxygens (including phenoxy) is 2. The molecule has 1 aliphatic rings. The van der Waals surface area contributed by atoms with E-state index in [-0.39, 0.29) is 0 Å². The van der Waals surface area contributed by atoms with Crippen LogP contribution in [0.3, 0.4) is 0 Å². The number of likely N-dealkylation sites (tertiary alicyclic amines) is 1. The molecular formula is C16H25N3O2. The Morgan fingerprint density at radius 3 is 2.81 bits per heavy atom. The Morgan fingerprint density at radius 2 is 2.05 bits per heavy atom. The van der Waals surface area contributed by atoms with Gasteiger partial charge in [0.05, 0.1) is 13.2 Å². The zero-order chi connectivity index (χ0) is 14.9. The summed E-state index contributed by atoms with van der Waals surface area (Å²) in [6.45, 7) is 3.78. The minimum atomic E-state index is 0.555. The molecule has 0 amide bonds. The van der Waals surface area contributed by atoms with Gasteiger partial charge in [-0.15, -0.1) is 0 Å². The minimum absolute atomic E-state index is 0.555. The number of guanidine groups is 1. The third kappa shape index (κ3) is 5.27. The Kier molecular flexibility index (Phi) is 6.34. The standard InChI is InChI=1S/C16H25N3O2/c1-20-10-11-21-15-7-5-6-14(12-15)13-18-16(17)19-8-3-2-4-9-19/h5-7,12H,2-4,8-11,13H2,1H3,(H2,17,18). The molecule has 1 heterocycles. The number of aliphatic imine (C=N–C) groups is 1. The molecule has 0 atom stereocenters. The molecule has 0 radical (unpaired) electrons. The monoisotopic (exact) mass is 291 g/mol. The van der Waals surface area contributed by atoms with Gasteiger partial charge in [0.15, 0.2) is 5.96 Å². The second-order valence-corrected chi connectivity index (χ2v) is 5.21. The number of methoxy groups -OCH3 is 1. The van der Waals surface area contributed by atoms with E-state index in [1.54, 1.807) is 7.11 Å². The fourth-order valence-corrected chi connectivity index (χ4v) is 2.37. The molecule has 2 N–H and O–H groups in total. The van der Waals surface area contributed by atoms with Crippen LogP contribution in [0.1, 0.15) is 24.8 Å². The van der Waals surface area contributed by atoms with Crippen molar-refractivity contribution in [3.05, 3.63) is 29.8 Å². The van der Waals surface area contributed by atoms with Gasteiger partial charge in [0.2, 0.25) is 0 Å². The fourth-order valence-electron chi connectivity index (χ4n) is 2.37. The third-order valence-corrected chi connectivity index (χ3v) is 3.56. The fraction of sp³-hybridized carbons (Fsp3) is 0.562. The van der Waals surface area contributed by atoms with Gasteiger partial charge in [0.25, 0.3) is 0 Å². The topological polar surface area (TPSA) is 60.1 Å². The van der Waals surface area contributed by atoms with E-state index >= 15 is 0 Å². The highest BCUT2D eigenvalue weighted by Gasteiger charge is 2.11. The van der Waals surface area contributed by atoms with Crippen molar-refractivity contribution in [2.75, 3.05) is 33.4 Å². The molecule has 0 aromatic heterocycles. The van der Waals surface area contributed by atoms with Crippen molar-refractivity contribution in [3.63, 3.8) is 0 Å². The second-order valence-electron chi connectivity index (χ2n) is 5.21. The van der Waals surface area contributed by atoms with Gasteiger partial charge in [-0.2, -0.15) is 0 Å². The summed E-state index contributed by atoms with van der Waals surface area (Å²) in [6, 6.07) is 7.96. The van der Waals surface area contributed by atoms with Crippen LogP contribution in [-0.2, 0) is 11.3 Å². The average molecular weight is 291 g/mol. The van der Waals surface area contributed by atoms with Crippen molar-refractivity contribution in [2.45, 2.75) is 25.8 Å². The van der Waals surface area contributed by atoms with E-state index in [0.29, 0.717) is 25.7 Å². The summed E-state index contributed by atoms with van der Waals surface area (Å²) in [5.74, 6) is 1.50. The maximum atomic E-state index is 6.06. The van der Waals surface area contributed by atoms with E-state index in [4.69, 9.17) is 15.2 Å². The number of rotatable bonds is 6. The van der Waals surface area contributed by atoms with Crippen LogP contribution >= 0.6 is 0 Å². The lowest BCUT2D eigenvalue weighted by atomic mass is 10.1. The van der Waals surface area contributed by atoms with Crippen molar-refractivity contribution in [2.24, 2.45) is 10.7 Å². The van der Waals surface area contributed by atoms with Gasteiger partial charge in [-0.3, -0.25) is 0 Å². The quantitative estimate of drug-likeness (QED) is 0.495. The summed E-state index contributed by atoms with van der Waals surface area (Å²) in [6.07, 6.45) is 3.71. The molecule has 116 valence electrons. The highest BCUT2D eigenvalue weighted by molar-refractivity contribution is 5.78. The number of nitrogens with two attached hydrogens (primary N) is 1. The van der Waals surface area contributed by atoms with Crippen LogP contribution in [0, 0.1) is 0 Å². The van der Waals surface area contributed by atoms with E-state index in [1.165, 1.54) is 19.3 Å². The van der Waals surface area contributed by atoms with Crippen LogP contribution in [-0.4, -0.2) is 44.3 Å². The minimum Gasteiger partial charge on any atom is -0.491 e. The number of benzene rings is 1. The molecule has 1 aromatic carbocycles. The number of piperidine rings is 1. The van der Waals surface area contributed by atoms with Crippen LogP contribution in [0.5, 0.6) is 5.75 Å². The lowest BCUT2D eigenvalue weighted by molar-refractivity contribution is 0.146. The van der Waals surface area contributed by atoms with E-state index in [2.05, 4.69) is 9.89 Å². The Labute approximate surface area is 126 Å². The van der Waals surface area contributed by atoms with Gasteiger partial charge in [-0.1, -0.05) is 12.1 Å². The lowest BCUT2D eigenvalue weighted by Gasteiger charge is -2.27. The first-order chi connectivity index (χ1) is 10.3. The Balaban J connectivity index is 1.88. The van der Waals surface area contributed by atoms with Crippen molar-refractivity contribution in [3.8, 4) is 5.75 Å². The molecule has 0 bridgehead atoms. The highest BCUT2D eigenvalue weighted by atomic mass is 16.5. The molecule has 0 unspecified atom stereocenters. The summed E-state index contributed by atoms with van der Waals surface area (Å²) in [5.41, 5.74) is 7.16. The van der Waals surface area contributed by atoms with Crippen molar-refractivity contribution < 1.29 is 9.47 Å². The molecule has 0 spiro atoms. The molecule has 5 nitrogen and oxygen atoms in total. The Hall–Kier alpha value is -1.75. The van der Waals surface area contributed by atoms with E-state index in [9.17, 15) is 0 Å². The second kappa shape index (κ2) is 8.52. The number of hydrogen-bond acceptors (Lipinski definition) is 3. The molecule has 0 saturated carbocycles. The van der Waals surface area contributed by atoms with Gasteiger partial charge in [-0.05, 0) is 37.0 Å². The summed E-state index contributed by atoms with van der Waals surface area (Å²) in [7, 11) is 1.66. The normalized spacial score (nSPS) is 16.0. The lowest BCUT2D eigenvalue weighted by Crippen LogP contribution is -2.40. The van der Waals surface area contributed by atoms with Crippen LogP contribution in [0.15, 0.2) is 29.3 Å². The van der Waals surface area contributed by atoms with Crippen molar-refractivity contribution in [1.82, 2.24) is 4.90 Å². The molecule has 0 aliphatic carbocycles. The predicted molar refractivity (Wildman–Crippen MR) is 84.6 cm³/mol. The van der Waals surface area contributed by atoms with Gasteiger partial charge in [-0.25, -0.2) is 4.99 Å². The maximum absolute atomic E-state index is 6.06. The van der Waals surface area contributed by atoms with E-state index in [0.717, 1.165) is 24.4 Å². The van der Waals surface area contributed by atoms with Crippen LogP contribution < -0.4 is 10.5 Å². The molecule has 1 saturated heterocycles. The van der Waals surface area contributed by atoms with E-state index < -0.39 is 0 Å². The first-order valence-corrected chi connectivity index (χ1v) is 7.55. The predicted octanol–water partition coefficient (Wildman–Crippen LogP) is 2.01. The van der Waals surface area contributed by atoms with Crippen LogP contribution in [0.4, 0.5) is 0 Å². The van der Waals surface area contributed by atoms with E-state index in [1.807, 2.05) is 24.3 Å². The Morgan fingerprint density at radius 1 is 1.24 bits per heavy atom. The summed E-state index contributed by atoms with van der Waals surface area (Å²) >= 11 is 0. The summed E-state index contributed by atoms with van der Waals surface area (Å²) in [5, 5.41) is 0.